The number of hydrogen-bond donors (Lipinski definition) is 0. The minimum atomic E-state index is 0.448. The number of nitrogens with zero attached hydrogens (tertiary/aromatic N) is 2. The average molecular weight is 344 g/mol. The third-order valence-corrected chi connectivity index (χ3v) is 5.41. The molecular weight excluding hydrogens is 323 g/mol. The molecule has 1 unspecified atom stereocenters. The van der Waals surface area contributed by atoms with E-state index in [-0.39, 0.29) is 0 Å². The summed E-state index contributed by atoms with van der Waals surface area (Å²) < 4.78 is 3.67. The summed E-state index contributed by atoms with van der Waals surface area (Å²) in [5.74, 6) is 2.53. The van der Waals surface area contributed by atoms with Crippen LogP contribution in [-0.4, -0.2) is 9.55 Å². The molecule has 0 N–H and O–H groups in total. The molecule has 0 aliphatic heterocycles. The van der Waals surface area contributed by atoms with Gasteiger partial charge in [-0.1, -0.05) is 27.7 Å². The topological polar surface area (TPSA) is 17.8 Å². The van der Waals surface area contributed by atoms with Crippen molar-refractivity contribution in [3.8, 4) is 0 Å². The molecule has 4 rings (SSSR count). The maximum atomic E-state index is 4.78. The van der Waals surface area contributed by atoms with E-state index in [4.69, 9.17) is 4.98 Å². The molecule has 1 heterocycles. The highest BCUT2D eigenvalue weighted by atomic mass is 127. The van der Waals surface area contributed by atoms with E-state index >= 15 is 0 Å². The highest BCUT2D eigenvalue weighted by Crippen LogP contribution is 2.71. The van der Waals surface area contributed by atoms with Crippen LogP contribution in [0.25, 0.3) is 0 Å². The van der Waals surface area contributed by atoms with Crippen LogP contribution in [0.15, 0.2) is 6.20 Å². The molecule has 0 amide bonds. The van der Waals surface area contributed by atoms with Gasteiger partial charge in [-0.15, -0.1) is 0 Å². The molecule has 0 saturated heterocycles. The van der Waals surface area contributed by atoms with Crippen LogP contribution in [0.5, 0.6) is 0 Å². The molecule has 3 saturated carbocycles. The van der Waals surface area contributed by atoms with Gasteiger partial charge >= 0.3 is 0 Å². The Balaban J connectivity index is 1.95. The van der Waals surface area contributed by atoms with Crippen LogP contribution in [0.2, 0.25) is 0 Å². The Morgan fingerprint density at radius 2 is 1.88 bits per heavy atom. The number of rotatable bonds is 3. The van der Waals surface area contributed by atoms with Gasteiger partial charge in [0, 0.05) is 17.7 Å². The zero-order valence-corrected chi connectivity index (χ0v) is 13.3. The normalized spacial score (nSPS) is 36.6. The first-order valence-corrected chi connectivity index (χ1v) is 7.68. The minimum absolute atomic E-state index is 0.448. The van der Waals surface area contributed by atoms with Gasteiger partial charge in [-0.05, 0) is 53.2 Å². The number of halogens is 1. The van der Waals surface area contributed by atoms with Gasteiger partial charge in [0.25, 0.3) is 0 Å². The van der Waals surface area contributed by atoms with Gasteiger partial charge < -0.3 is 4.57 Å². The summed E-state index contributed by atoms with van der Waals surface area (Å²) in [4.78, 5) is 4.78. The molecular formula is C14H21IN2. The Bertz CT molecular complexity index is 441. The number of imidazole rings is 1. The first-order valence-electron chi connectivity index (χ1n) is 6.61. The standard InChI is InChI=1S/C14H21IN2/c1-9(2)10(3)12-16-11(15)5-17(12)14-6-13(4,7-14)8-14/h5,9-10H,6-8H2,1-4H3. The van der Waals surface area contributed by atoms with Crippen molar-refractivity contribution in [1.82, 2.24) is 9.55 Å². The maximum Gasteiger partial charge on any atom is 0.119 e. The minimum Gasteiger partial charge on any atom is -0.327 e. The summed E-state index contributed by atoms with van der Waals surface area (Å²) in [5, 5.41) is 0. The van der Waals surface area contributed by atoms with E-state index in [0.717, 1.165) is 3.70 Å². The first-order chi connectivity index (χ1) is 7.85. The van der Waals surface area contributed by atoms with Crippen molar-refractivity contribution in [1.29, 1.82) is 0 Å². The predicted octanol–water partition coefficient (Wildman–Crippen LogP) is 4.15. The van der Waals surface area contributed by atoms with Gasteiger partial charge in [-0.3, -0.25) is 0 Å². The fourth-order valence-corrected chi connectivity index (χ4v) is 4.37. The summed E-state index contributed by atoms with van der Waals surface area (Å²) in [5.41, 5.74) is 1.11. The molecule has 0 aromatic carbocycles. The lowest BCUT2D eigenvalue weighted by molar-refractivity contribution is -0.175. The lowest BCUT2D eigenvalue weighted by Gasteiger charge is -2.70. The molecule has 94 valence electrons. The van der Waals surface area contributed by atoms with Gasteiger partial charge in [0.2, 0.25) is 0 Å². The third kappa shape index (κ3) is 1.60. The van der Waals surface area contributed by atoms with Gasteiger partial charge in [0.05, 0.1) is 0 Å². The predicted molar refractivity (Wildman–Crippen MR) is 78.1 cm³/mol. The molecule has 1 atom stereocenters. The molecule has 3 aliphatic carbocycles. The average Bonchev–Trinajstić information content (AvgIpc) is 2.52. The summed E-state index contributed by atoms with van der Waals surface area (Å²) >= 11 is 2.35. The Labute approximate surface area is 117 Å². The molecule has 3 aliphatic rings. The van der Waals surface area contributed by atoms with Gasteiger partial charge in [0.15, 0.2) is 0 Å². The van der Waals surface area contributed by atoms with E-state index in [1.165, 1.54) is 25.1 Å². The Kier molecular flexibility index (Phi) is 2.46. The molecule has 1 aromatic heterocycles. The van der Waals surface area contributed by atoms with E-state index in [2.05, 4.69) is 61.0 Å². The molecule has 17 heavy (non-hydrogen) atoms. The first kappa shape index (κ1) is 12.0. The monoisotopic (exact) mass is 344 g/mol. The second-order valence-electron chi connectivity index (χ2n) is 6.89. The lowest BCUT2D eigenvalue weighted by Crippen LogP contribution is -2.66. The van der Waals surface area contributed by atoms with Crippen LogP contribution in [0.4, 0.5) is 0 Å². The summed E-state index contributed by atoms with van der Waals surface area (Å²) in [6, 6.07) is 0. The fourth-order valence-electron chi connectivity index (χ4n) is 3.85. The van der Waals surface area contributed by atoms with E-state index in [1.807, 2.05) is 0 Å². The second-order valence-corrected chi connectivity index (χ2v) is 8.00. The largest absolute Gasteiger partial charge is 0.327 e. The highest BCUT2D eigenvalue weighted by molar-refractivity contribution is 14.1. The molecule has 0 radical (unpaired) electrons. The fraction of sp³-hybridized carbons (Fsp3) is 0.786. The summed E-state index contributed by atoms with van der Waals surface area (Å²) in [6.45, 7) is 9.31. The van der Waals surface area contributed by atoms with E-state index in [9.17, 15) is 0 Å². The van der Waals surface area contributed by atoms with Crippen LogP contribution in [0.1, 0.15) is 58.7 Å². The van der Waals surface area contributed by atoms with Crippen molar-refractivity contribution in [2.24, 2.45) is 11.3 Å². The quantitative estimate of drug-likeness (QED) is 0.754. The summed E-state index contributed by atoms with van der Waals surface area (Å²) in [6.07, 6.45) is 6.37. The third-order valence-electron chi connectivity index (χ3n) is 4.89. The Morgan fingerprint density at radius 3 is 2.35 bits per heavy atom. The van der Waals surface area contributed by atoms with E-state index in [1.54, 1.807) is 0 Å². The SMILES string of the molecule is CC(C)C(C)c1nc(I)cn1C12CC(C)(C1)C2. The van der Waals surface area contributed by atoms with Gasteiger partial charge in [-0.2, -0.15) is 0 Å². The zero-order valence-electron chi connectivity index (χ0n) is 11.1. The van der Waals surface area contributed by atoms with Crippen molar-refractivity contribution in [2.45, 2.75) is 58.4 Å². The van der Waals surface area contributed by atoms with E-state index in [0.29, 0.717) is 22.8 Å². The van der Waals surface area contributed by atoms with Crippen LogP contribution in [-0.2, 0) is 5.54 Å². The molecule has 2 nitrogen and oxygen atoms in total. The van der Waals surface area contributed by atoms with Crippen LogP contribution >= 0.6 is 22.6 Å². The molecule has 2 bridgehead atoms. The smallest absolute Gasteiger partial charge is 0.119 e. The Morgan fingerprint density at radius 1 is 1.29 bits per heavy atom. The molecule has 1 aromatic rings. The van der Waals surface area contributed by atoms with Gasteiger partial charge in [0.1, 0.15) is 9.53 Å². The van der Waals surface area contributed by atoms with Crippen molar-refractivity contribution in [3.63, 3.8) is 0 Å². The van der Waals surface area contributed by atoms with Crippen molar-refractivity contribution < 1.29 is 0 Å². The summed E-state index contributed by atoms with van der Waals surface area (Å²) in [7, 11) is 0. The highest BCUT2D eigenvalue weighted by Gasteiger charge is 2.66. The van der Waals surface area contributed by atoms with Crippen LogP contribution in [0.3, 0.4) is 0 Å². The van der Waals surface area contributed by atoms with E-state index < -0.39 is 0 Å². The maximum absolute atomic E-state index is 4.78. The molecule has 0 spiro atoms. The number of aromatic nitrogens is 2. The molecule has 3 heteroatoms. The Hall–Kier alpha value is -0.0600. The van der Waals surface area contributed by atoms with Crippen LogP contribution in [0, 0.1) is 15.0 Å². The van der Waals surface area contributed by atoms with Crippen molar-refractivity contribution in [2.75, 3.05) is 0 Å². The number of hydrogen-bond acceptors (Lipinski definition) is 1. The van der Waals surface area contributed by atoms with Gasteiger partial charge in [-0.25, -0.2) is 4.98 Å². The van der Waals surface area contributed by atoms with Crippen LogP contribution < -0.4 is 0 Å². The van der Waals surface area contributed by atoms with Crippen molar-refractivity contribution in [3.05, 3.63) is 15.7 Å². The lowest BCUT2D eigenvalue weighted by atomic mass is 9.40. The second kappa shape index (κ2) is 3.49. The van der Waals surface area contributed by atoms with Crippen molar-refractivity contribution >= 4 is 22.6 Å². The zero-order chi connectivity index (χ0) is 12.4. The molecule has 3 fully saturated rings.